The zero-order chi connectivity index (χ0) is 17.4. The van der Waals surface area contributed by atoms with Crippen LogP contribution in [0.25, 0.3) is 0 Å². The summed E-state index contributed by atoms with van der Waals surface area (Å²) >= 11 is 0. The fourth-order valence-electron chi connectivity index (χ4n) is 3.06. The maximum absolute atomic E-state index is 11.7. The zero-order valence-electron chi connectivity index (χ0n) is 16.3. The van der Waals surface area contributed by atoms with Gasteiger partial charge in [-0.25, -0.2) is 0 Å². The van der Waals surface area contributed by atoms with Crippen molar-refractivity contribution in [3.05, 3.63) is 0 Å². The van der Waals surface area contributed by atoms with Crippen LogP contribution in [-0.4, -0.2) is 23.2 Å². The molecule has 2 nitrogen and oxygen atoms in total. The molecular weight excluding hydrogens is 304 g/mol. The molecule has 0 amide bonds. The molecule has 0 aliphatic carbocycles. The second kappa shape index (κ2) is 15.4. The summed E-state index contributed by atoms with van der Waals surface area (Å²) in [5, 5.41) is 0. The molecule has 0 saturated heterocycles. The Morgan fingerprint density at radius 1 is 0.652 bits per heavy atom. The maximum Gasteiger partial charge on any atom is 0.313 e. The minimum atomic E-state index is -1.19. The Labute approximate surface area is 147 Å². The average molecular weight is 347 g/mol. The molecule has 23 heavy (non-hydrogen) atoms. The summed E-state index contributed by atoms with van der Waals surface area (Å²) in [4.78, 5) is 11.7. The summed E-state index contributed by atoms with van der Waals surface area (Å²) in [6.07, 6.45) is 15.3. The molecule has 0 rings (SSSR count). The van der Waals surface area contributed by atoms with E-state index in [2.05, 4.69) is 20.8 Å². The van der Waals surface area contributed by atoms with Gasteiger partial charge < -0.3 is 4.18 Å². The second-order valence-corrected chi connectivity index (χ2v) is 10.2. The standard InChI is InChI=1S/C20H42O2S/c1-5-8-11-14-17-23(22-20(4)21,18-15-12-9-6-2)19-16-13-10-7-3/h5-19H2,1-4H3. The first-order valence-corrected chi connectivity index (χ1v) is 12.1. The van der Waals surface area contributed by atoms with E-state index in [0.717, 1.165) is 17.3 Å². The molecule has 0 aromatic heterocycles. The molecule has 0 aliphatic heterocycles. The first kappa shape index (κ1) is 22.8. The SMILES string of the molecule is CCCCCCS(CCCCCC)(CCCCCC)OC(C)=O. The normalized spacial score (nSPS) is 12.3. The van der Waals surface area contributed by atoms with Crippen LogP contribution >= 0.6 is 10.3 Å². The molecule has 0 aliphatic rings. The summed E-state index contributed by atoms with van der Waals surface area (Å²) in [5.41, 5.74) is 0. The zero-order valence-corrected chi connectivity index (χ0v) is 17.1. The van der Waals surface area contributed by atoms with Crippen LogP contribution in [0.2, 0.25) is 0 Å². The number of unbranched alkanes of at least 4 members (excludes halogenated alkanes) is 9. The minimum Gasteiger partial charge on any atom is -0.416 e. The molecule has 0 spiro atoms. The van der Waals surface area contributed by atoms with E-state index in [1.165, 1.54) is 77.0 Å². The molecule has 0 atom stereocenters. The molecule has 0 N–H and O–H groups in total. The van der Waals surface area contributed by atoms with E-state index < -0.39 is 10.3 Å². The predicted molar refractivity (Wildman–Crippen MR) is 106 cm³/mol. The average Bonchev–Trinajstić information content (AvgIpc) is 2.52. The van der Waals surface area contributed by atoms with Crippen molar-refractivity contribution in [3.63, 3.8) is 0 Å². The van der Waals surface area contributed by atoms with Gasteiger partial charge in [-0.15, -0.1) is 0 Å². The first-order chi connectivity index (χ1) is 11.1. The summed E-state index contributed by atoms with van der Waals surface area (Å²) in [5.74, 6) is 3.38. The van der Waals surface area contributed by atoms with Gasteiger partial charge >= 0.3 is 5.97 Å². The summed E-state index contributed by atoms with van der Waals surface area (Å²) in [6.45, 7) is 8.36. The van der Waals surface area contributed by atoms with E-state index in [1.807, 2.05) is 0 Å². The van der Waals surface area contributed by atoms with Gasteiger partial charge in [0.15, 0.2) is 0 Å². The Hall–Kier alpha value is -0.180. The quantitative estimate of drug-likeness (QED) is 0.281. The van der Waals surface area contributed by atoms with Crippen LogP contribution in [0.4, 0.5) is 0 Å². The smallest absolute Gasteiger partial charge is 0.313 e. The molecule has 3 heteroatoms. The molecule has 0 fully saturated rings. The molecule has 0 aromatic rings. The Morgan fingerprint density at radius 2 is 1.00 bits per heavy atom. The van der Waals surface area contributed by atoms with Crippen molar-refractivity contribution in [2.75, 3.05) is 17.3 Å². The van der Waals surface area contributed by atoms with Crippen LogP contribution < -0.4 is 0 Å². The van der Waals surface area contributed by atoms with Gasteiger partial charge in [0.25, 0.3) is 0 Å². The maximum atomic E-state index is 11.7. The van der Waals surface area contributed by atoms with Crippen LogP contribution in [0.15, 0.2) is 0 Å². The van der Waals surface area contributed by atoms with E-state index in [4.69, 9.17) is 4.18 Å². The van der Waals surface area contributed by atoms with E-state index in [-0.39, 0.29) is 5.97 Å². The van der Waals surface area contributed by atoms with E-state index >= 15 is 0 Å². The van der Waals surface area contributed by atoms with Gasteiger partial charge in [-0.2, -0.15) is 0 Å². The Balaban J connectivity index is 4.61. The molecule has 0 unspecified atom stereocenters. The van der Waals surface area contributed by atoms with Crippen molar-refractivity contribution in [2.24, 2.45) is 0 Å². The fourth-order valence-corrected chi connectivity index (χ4v) is 6.61. The molecule has 140 valence electrons. The highest BCUT2D eigenvalue weighted by molar-refractivity contribution is 8.30. The molecule has 0 aromatic carbocycles. The molecule has 0 saturated carbocycles. The van der Waals surface area contributed by atoms with Crippen molar-refractivity contribution in [2.45, 2.75) is 105 Å². The lowest BCUT2D eigenvalue weighted by molar-refractivity contribution is -0.131. The van der Waals surface area contributed by atoms with Crippen LogP contribution in [0.3, 0.4) is 0 Å². The lowest BCUT2D eigenvalue weighted by Gasteiger charge is -2.39. The van der Waals surface area contributed by atoms with Gasteiger partial charge in [-0.1, -0.05) is 88.9 Å². The van der Waals surface area contributed by atoms with Crippen LogP contribution in [0, 0.1) is 0 Å². The molecule has 0 radical (unpaired) electrons. The van der Waals surface area contributed by atoms with Crippen molar-refractivity contribution >= 4 is 16.3 Å². The number of hydrogen-bond donors (Lipinski definition) is 0. The summed E-state index contributed by atoms with van der Waals surface area (Å²) < 4.78 is 6.02. The van der Waals surface area contributed by atoms with Crippen molar-refractivity contribution in [3.8, 4) is 0 Å². The summed E-state index contributed by atoms with van der Waals surface area (Å²) in [7, 11) is -1.19. The first-order valence-electron chi connectivity index (χ1n) is 10.1. The van der Waals surface area contributed by atoms with Gasteiger partial charge in [0.1, 0.15) is 0 Å². The third-order valence-electron chi connectivity index (χ3n) is 4.40. The highest BCUT2D eigenvalue weighted by Gasteiger charge is 2.26. The number of carbonyl (C=O) groups excluding carboxylic acids is 1. The molecular formula is C20H42O2S. The highest BCUT2D eigenvalue weighted by atomic mass is 32.3. The van der Waals surface area contributed by atoms with E-state index in [0.29, 0.717) is 0 Å². The van der Waals surface area contributed by atoms with E-state index in [1.54, 1.807) is 6.92 Å². The minimum absolute atomic E-state index is 0.0542. The van der Waals surface area contributed by atoms with Crippen molar-refractivity contribution in [1.29, 1.82) is 0 Å². The summed E-state index contributed by atoms with van der Waals surface area (Å²) in [6, 6.07) is 0. The third kappa shape index (κ3) is 12.9. The lowest BCUT2D eigenvalue weighted by atomic mass is 10.2. The second-order valence-electron chi connectivity index (χ2n) is 6.84. The predicted octanol–water partition coefficient (Wildman–Crippen LogP) is 7.01. The van der Waals surface area contributed by atoms with Gasteiger partial charge in [-0.05, 0) is 19.3 Å². The van der Waals surface area contributed by atoms with Crippen LogP contribution in [0.1, 0.15) is 105 Å². The van der Waals surface area contributed by atoms with Crippen LogP contribution in [-0.2, 0) is 8.98 Å². The van der Waals surface area contributed by atoms with Crippen molar-refractivity contribution in [1.82, 2.24) is 0 Å². The number of carbonyl (C=O) groups is 1. The molecule has 0 bridgehead atoms. The monoisotopic (exact) mass is 346 g/mol. The lowest BCUT2D eigenvalue weighted by Crippen LogP contribution is -2.20. The van der Waals surface area contributed by atoms with Crippen molar-refractivity contribution < 1.29 is 8.98 Å². The Bertz CT molecular complexity index is 248. The van der Waals surface area contributed by atoms with Gasteiger partial charge in [0.2, 0.25) is 0 Å². The van der Waals surface area contributed by atoms with E-state index in [9.17, 15) is 4.79 Å². The Morgan fingerprint density at radius 3 is 1.26 bits per heavy atom. The van der Waals surface area contributed by atoms with Gasteiger partial charge in [0.05, 0.1) is 0 Å². The largest absolute Gasteiger partial charge is 0.416 e. The topological polar surface area (TPSA) is 26.3 Å². The third-order valence-corrected chi connectivity index (χ3v) is 8.09. The van der Waals surface area contributed by atoms with Gasteiger partial charge in [0, 0.05) is 24.2 Å². The Kier molecular flexibility index (Phi) is 15.2. The number of rotatable bonds is 16. The van der Waals surface area contributed by atoms with Crippen LogP contribution in [0.5, 0.6) is 0 Å². The van der Waals surface area contributed by atoms with Gasteiger partial charge in [-0.3, -0.25) is 4.79 Å². The fraction of sp³-hybridized carbons (Fsp3) is 0.950. The highest BCUT2D eigenvalue weighted by Crippen LogP contribution is 2.52. The molecule has 0 heterocycles. The number of hydrogen-bond acceptors (Lipinski definition) is 2.